The van der Waals surface area contributed by atoms with Crippen LogP contribution in [0.2, 0.25) is 0 Å². The number of hydrogen-bond donors (Lipinski definition) is 3. The Bertz CT molecular complexity index is 250. The summed E-state index contributed by atoms with van der Waals surface area (Å²) in [5.41, 5.74) is 0.413. The van der Waals surface area contributed by atoms with E-state index in [1.807, 2.05) is 7.05 Å². The van der Waals surface area contributed by atoms with E-state index in [9.17, 15) is 0 Å². The van der Waals surface area contributed by atoms with E-state index < -0.39 is 0 Å². The van der Waals surface area contributed by atoms with Crippen LogP contribution in [0.15, 0.2) is 10.7 Å². The minimum atomic E-state index is -0.244. The minimum absolute atomic E-state index is 0.244. The molecule has 0 bridgehead atoms. The molecule has 0 atom stereocenters. The zero-order chi connectivity index (χ0) is 9.68. The first-order chi connectivity index (χ1) is 6.25. The molecule has 0 fully saturated rings. The third-order valence-electron chi connectivity index (χ3n) is 1.67. The van der Waals surface area contributed by atoms with E-state index in [4.69, 9.17) is 10.9 Å². The number of nitrogens with two attached hydrogens (primary N) is 1. The Hall–Kier alpha value is -1.27. The second-order valence-corrected chi connectivity index (χ2v) is 2.67. The highest BCUT2D eigenvalue weighted by Gasteiger charge is 2.10. The molecule has 4 N–H and O–H groups in total. The van der Waals surface area contributed by atoms with Crippen LogP contribution in [0, 0.1) is 0 Å². The molecule has 0 saturated carbocycles. The van der Waals surface area contributed by atoms with E-state index in [2.05, 4.69) is 15.0 Å². The molecule has 0 radical (unpaired) electrons. The van der Waals surface area contributed by atoms with Gasteiger partial charge in [0.1, 0.15) is 0 Å². The molecule has 74 valence electrons. The van der Waals surface area contributed by atoms with Gasteiger partial charge in [0, 0.05) is 6.54 Å². The lowest BCUT2D eigenvalue weighted by Gasteiger charge is -2.15. The maximum absolute atomic E-state index is 9.11. The molecule has 0 aliphatic rings. The Morgan fingerprint density at radius 3 is 3.08 bits per heavy atom. The number of hydrazine groups is 1. The van der Waals surface area contributed by atoms with Crippen molar-refractivity contribution in [1.29, 1.82) is 0 Å². The van der Waals surface area contributed by atoms with Crippen molar-refractivity contribution in [2.24, 2.45) is 5.84 Å². The van der Waals surface area contributed by atoms with Gasteiger partial charge in [0.2, 0.25) is 0 Å². The first-order valence-corrected chi connectivity index (χ1v) is 4.06. The molecule has 13 heavy (non-hydrogen) atoms. The van der Waals surface area contributed by atoms with Crippen LogP contribution in [0.1, 0.15) is 6.42 Å². The van der Waals surface area contributed by atoms with E-state index in [0.717, 1.165) is 13.0 Å². The molecule has 1 aromatic heterocycles. The molecule has 6 heteroatoms. The van der Waals surface area contributed by atoms with Crippen molar-refractivity contribution >= 4 is 5.69 Å². The molecule has 0 aliphatic carbocycles. The van der Waals surface area contributed by atoms with E-state index in [1.54, 1.807) is 0 Å². The van der Waals surface area contributed by atoms with Crippen molar-refractivity contribution < 1.29 is 9.63 Å². The fraction of sp³-hybridized carbons (Fsp3) is 0.571. The third-order valence-corrected chi connectivity index (χ3v) is 1.67. The zero-order valence-electron chi connectivity index (χ0n) is 7.53. The molecule has 1 aromatic rings. The van der Waals surface area contributed by atoms with Crippen LogP contribution in [0.3, 0.4) is 0 Å². The summed E-state index contributed by atoms with van der Waals surface area (Å²) < 4.78 is 4.46. The quantitative estimate of drug-likeness (QED) is 0.331. The van der Waals surface area contributed by atoms with Crippen LogP contribution in [0.5, 0.6) is 5.95 Å². The Labute approximate surface area is 76.3 Å². The number of aromatic nitrogens is 1. The lowest BCUT2D eigenvalue weighted by molar-refractivity contribution is 0.278. The molecular formula is C7H14N4O2. The summed E-state index contributed by atoms with van der Waals surface area (Å²) >= 11 is 0. The van der Waals surface area contributed by atoms with Gasteiger partial charge in [-0.2, -0.15) is 0 Å². The Morgan fingerprint density at radius 2 is 2.54 bits per heavy atom. The third kappa shape index (κ3) is 2.60. The average molecular weight is 186 g/mol. The zero-order valence-corrected chi connectivity index (χ0v) is 7.53. The second-order valence-electron chi connectivity index (χ2n) is 2.67. The molecule has 0 spiro atoms. The molecule has 0 aliphatic heterocycles. The van der Waals surface area contributed by atoms with Crippen LogP contribution >= 0.6 is 0 Å². The molecule has 0 amide bonds. The van der Waals surface area contributed by atoms with Gasteiger partial charge in [-0.25, -0.2) is 5.84 Å². The van der Waals surface area contributed by atoms with Crippen molar-refractivity contribution in [3.63, 3.8) is 0 Å². The Morgan fingerprint density at radius 1 is 1.77 bits per heavy atom. The van der Waals surface area contributed by atoms with Gasteiger partial charge in [-0.15, -0.1) is 0 Å². The number of hydrogen-bond acceptors (Lipinski definition) is 6. The normalized spacial score (nSPS) is 10.3. The Balaban J connectivity index is 2.39. The molecule has 0 aromatic carbocycles. The number of rotatable bonds is 5. The SMILES string of the molecule is CNCCCN(N)c1cnoc1O. The van der Waals surface area contributed by atoms with Gasteiger partial charge in [0.05, 0.1) is 6.20 Å². The highest BCUT2D eigenvalue weighted by Crippen LogP contribution is 2.23. The summed E-state index contributed by atoms with van der Waals surface area (Å²) in [6.07, 6.45) is 2.27. The largest absolute Gasteiger partial charge is 0.478 e. The summed E-state index contributed by atoms with van der Waals surface area (Å²) in [5.74, 6) is 5.38. The van der Waals surface area contributed by atoms with Crippen molar-refractivity contribution in [3.05, 3.63) is 6.20 Å². The minimum Gasteiger partial charge on any atom is -0.478 e. The number of anilines is 1. The van der Waals surface area contributed by atoms with E-state index in [-0.39, 0.29) is 5.95 Å². The van der Waals surface area contributed by atoms with Crippen LogP contribution < -0.4 is 16.2 Å². The monoisotopic (exact) mass is 186 g/mol. The van der Waals surface area contributed by atoms with Gasteiger partial charge in [-0.05, 0) is 20.0 Å². The van der Waals surface area contributed by atoms with Gasteiger partial charge >= 0.3 is 5.95 Å². The van der Waals surface area contributed by atoms with Crippen LogP contribution in [-0.2, 0) is 0 Å². The number of nitrogens with one attached hydrogen (secondary N) is 1. The van der Waals surface area contributed by atoms with Gasteiger partial charge in [-0.3, -0.25) is 0 Å². The topological polar surface area (TPSA) is 87.5 Å². The van der Waals surface area contributed by atoms with Crippen LogP contribution in [0.4, 0.5) is 5.69 Å². The molecular weight excluding hydrogens is 172 g/mol. The van der Waals surface area contributed by atoms with Crippen molar-refractivity contribution in [2.45, 2.75) is 6.42 Å². The van der Waals surface area contributed by atoms with Crippen molar-refractivity contribution in [2.75, 3.05) is 25.1 Å². The highest BCUT2D eigenvalue weighted by atomic mass is 16.5. The van der Waals surface area contributed by atoms with E-state index >= 15 is 0 Å². The predicted molar refractivity (Wildman–Crippen MR) is 48.2 cm³/mol. The van der Waals surface area contributed by atoms with Crippen molar-refractivity contribution in [3.8, 4) is 5.95 Å². The lowest BCUT2D eigenvalue weighted by atomic mass is 10.4. The fourth-order valence-electron chi connectivity index (χ4n) is 0.972. The second kappa shape index (κ2) is 4.68. The molecule has 1 rings (SSSR count). The van der Waals surface area contributed by atoms with E-state index in [0.29, 0.717) is 12.2 Å². The van der Waals surface area contributed by atoms with Crippen molar-refractivity contribution in [1.82, 2.24) is 10.5 Å². The Kier molecular flexibility index (Phi) is 3.53. The van der Waals surface area contributed by atoms with Gasteiger partial charge in [-0.1, -0.05) is 5.16 Å². The van der Waals surface area contributed by atoms with E-state index in [1.165, 1.54) is 11.2 Å². The maximum Gasteiger partial charge on any atom is 0.333 e. The van der Waals surface area contributed by atoms with Gasteiger partial charge in [0.15, 0.2) is 5.69 Å². The van der Waals surface area contributed by atoms with Gasteiger partial charge < -0.3 is 20.0 Å². The summed E-state index contributed by atoms with van der Waals surface area (Å²) in [4.78, 5) is 0. The first-order valence-electron chi connectivity index (χ1n) is 4.06. The number of aromatic hydroxyl groups is 1. The highest BCUT2D eigenvalue weighted by molar-refractivity contribution is 5.49. The fourth-order valence-corrected chi connectivity index (χ4v) is 0.972. The molecule has 0 unspecified atom stereocenters. The summed E-state index contributed by atoms with van der Waals surface area (Å²) in [6, 6.07) is 0. The van der Waals surface area contributed by atoms with Gasteiger partial charge in [0.25, 0.3) is 0 Å². The summed E-state index contributed by atoms with van der Waals surface area (Å²) in [7, 11) is 1.87. The lowest BCUT2D eigenvalue weighted by Crippen LogP contribution is -2.32. The maximum atomic E-state index is 9.11. The first kappa shape index (κ1) is 9.82. The standard InChI is InChI=1S/C7H14N4O2/c1-9-3-2-4-11(8)6-5-10-13-7(6)12/h5,9,12H,2-4,8H2,1H3. The van der Waals surface area contributed by atoms with Crippen LogP contribution in [0.25, 0.3) is 0 Å². The average Bonchev–Trinajstić information content (AvgIpc) is 2.52. The molecule has 0 saturated heterocycles. The predicted octanol–water partition coefficient (Wildman–Crippen LogP) is -0.330. The van der Waals surface area contributed by atoms with Crippen LogP contribution in [-0.4, -0.2) is 30.4 Å². The smallest absolute Gasteiger partial charge is 0.333 e. The molecule has 1 heterocycles. The summed E-state index contributed by atoms with van der Waals surface area (Å²) in [5, 5.41) is 16.9. The molecule has 6 nitrogen and oxygen atoms in total. The number of nitrogens with zero attached hydrogens (tertiary/aromatic N) is 2. The summed E-state index contributed by atoms with van der Waals surface area (Å²) in [6.45, 7) is 1.51.